The van der Waals surface area contributed by atoms with Crippen LogP contribution in [0.4, 0.5) is 0 Å². The molecule has 3 unspecified atom stereocenters. The molecule has 0 N–H and O–H groups in total. The minimum atomic E-state index is -0.113. The van der Waals surface area contributed by atoms with E-state index in [9.17, 15) is 14.4 Å². The molecule has 0 heterocycles. The summed E-state index contributed by atoms with van der Waals surface area (Å²) in [4.78, 5) is 37.4. The lowest BCUT2D eigenvalue weighted by molar-refractivity contribution is -0.161. The first-order chi connectivity index (χ1) is 11.3. The fraction of sp³-hybridized carbons (Fsp3) is 0.857. The van der Waals surface area contributed by atoms with Crippen LogP contribution in [-0.4, -0.2) is 17.3 Å². The summed E-state index contributed by atoms with van der Waals surface area (Å²) in [6.45, 7) is 6.21. The van der Waals surface area contributed by atoms with E-state index in [2.05, 4.69) is 13.8 Å². The standard InChI is InChI=1S/C21H30O3/c1-12(22)16-6-7-17-15-5-4-13-10-14(23)8-9-20(13,2)19(15)18(24)11-21(16,17)3/h13,15-17,19H,4-11H2,1-3H3/t13-,15?,16+,17?,19?,20-,21+/m0/s1. The van der Waals surface area contributed by atoms with Crippen LogP contribution in [0.1, 0.15) is 72.1 Å². The van der Waals surface area contributed by atoms with Gasteiger partial charge in [0, 0.05) is 31.1 Å². The third-order valence-corrected chi connectivity index (χ3v) is 8.66. The van der Waals surface area contributed by atoms with Crippen molar-refractivity contribution in [3.63, 3.8) is 0 Å². The van der Waals surface area contributed by atoms with Gasteiger partial charge in [0.2, 0.25) is 0 Å². The topological polar surface area (TPSA) is 51.2 Å². The van der Waals surface area contributed by atoms with E-state index in [1.54, 1.807) is 6.92 Å². The Morgan fingerprint density at radius 1 is 1.04 bits per heavy atom. The van der Waals surface area contributed by atoms with Crippen LogP contribution in [-0.2, 0) is 14.4 Å². The predicted molar refractivity (Wildman–Crippen MR) is 91.3 cm³/mol. The highest BCUT2D eigenvalue weighted by Crippen LogP contribution is 2.66. The Kier molecular flexibility index (Phi) is 3.61. The lowest BCUT2D eigenvalue weighted by Crippen LogP contribution is -2.57. The lowest BCUT2D eigenvalue weighted by atomic mass is 9.44. The number of rotatable bonds is 1. The minimum Gasteiger partial charge on any atom is -0.300 e. The third-order valence-electron chi connectivity index (χ3n) is 8.66. The van der Waals surface area contributed by atoms with E-state index in [4.69, 9.17) is 0 Å². The van der Waals surface area contributed by atoms with Crippen LogP contribution in [0.3, 0.4) is 0 Å². The summed E-state index contributed by atoms with van der Waals surface area (Å²) in [5.74, 6) is 2.63. The second kappa shape index (κ2) is 5.25. The zero-order chi connectivity index (χ0) is 17.3. The van der Waals surface area contributed by atoms with E-state index >= 15 is 0 Å². The van der Waals surface area contributed by atoms with E-state index in [1.165, 1.54) is 0 Å². The second-order valence-electron chi connectivity index (χ2n) is 9.66. The Bertz CT molecular complexity index is 608. The zero-order valence-electron chi connectivity index (χ0n) is 15.3. The van der Waals surface area contributed by atoms with Crippen molar-refractivity contribution in [3.05, 3.63) is 0 Å². The molecule has 4 aliphatic carbocycles. The normalized spacial score (nSPS) is 50.9. The van der Waals surface area contributed by atoms with Crippen molar-refractivity contribution in [1.82, 2.24) is 0 Å². The number of carbonyl (C=O) groups excluding carboxylic acids is 3. The summed E-state index contributed by atoms with van der Waals surface area (Å²) in [6.07, 6.45) is 7.05. The van der Waals surface area contributed by atoms with Gasteiger partial charge >= 0.3 is 0 Å². The highest BCUT2D eigenvalue weighted by Gasteiger charge is 2.63. The maximum atomic E-state index is 13.3. The molecule has 132 valence electrons. The fourth-order valence-corrected chi connectivity index (χ4v) is 7.53. The molecule has 0 amide bonds. The first-order valence-corrected chi connectivity index (χ1v) is 9.82. The van der Waals surface area contributed by atoms with Gasteiger partial charge in [-0.15, -0.1) is 0 Å². The number of hydrogen-bond donors (Lipinski definition) is 0. The third kappa shape index (κ3) is 2.05. The first kappa shape index (κ1) is 16.5. The zero-order valence-corrected chi connectivity index (χ0v) is 15.3. The number of ketones is 3. The van der Waals surface area contributed by atoms with Crippen molar-refractivity contribution in [3.8, 4) is 0 Å². The maximum absolute atomic E-state index is 13.3. The molecular weight excluding hydrogens is 300 g/mol. The summed E-state index contributed by atoms with van der Waals surface area (Å²) < 4.78 is 0. The molecular formula is C21H30O3. The summed E-state index contributed by atoms with van der Waals surface area (Å²) >= 11 is 0. The molecule has 0 aromatic carbocycles. The van der Waals surface area contributed by atoms with Crippen molar-refractivity contribution in [1.29, 1.82) is 0 Å². The van der Waals surface area contributed by atoms with Gasteiger partial charge in [0.05, 0.1) is 0 Å². The van der Waals surface area contributed by atoms with E-state index in [0.29, 0.717) is 48.6 Å². The Morgan fingerprint density at radius 2 is 1.79 bits per heavy atom. The van der Waals surface area contributed by atoms with Crippen LogP contribution in [0.5, 0.6) is 0 Å². The summed E-state index contributed by atoms with van der Waals surface area (Å²) in [6, 6.07) is 0. The highest BCUT2D eigenvalue weighted by atomic mass is 16.1. The number of hydrogen-bond acceptors (Lipinski definition) is 3. The van der Waals surface area contributed by atoms with Gasteiger partial charge in [-0.05, 0) is 67.6 Å². The summed E-state index contributed by atoms with van der Waals surface area (Å²) in [5, 5.41) is 0. The summed E-state index contributed by atoms with van der Waals surface area (Å²) in [7, 11) is 0. The van der Waals surface area contributed by atoms with Crippen molar-refractivity contribution < 1.29 is 14.4 Å². The van der Waals surface area contributed by atoms with Gasteiger partial charge in [-0.25, -0.2) is 0 Å². The van der Waals surface area contributed by atoms with Gasteiger partial charge in [-0.3, -0.25) is 14.4 Å². The maximum Gasteiger partial charge on any atom is 0.137 e. The molecule has 0 saturated heterocycles. The average molecular weight is 330 g/mol. The molecule has 0 spiro atoms. The fourth-order valence-electron chi connectivity index (χ4n) is 7.53. The Morgan fingerprint density at radius 3 is 2.50 bits per heavy atom. The van der Waals surface area contributed by atoms with Gasteiger partial charge in [0.15, 0.2) is 0 Å². The molecule has 3 heteroatoms. The molecule has 4 fully saturated rings. The first-order valence-electron chi connectivity index (χ1n) is 9.82. The van der Waals surface area contributed by atoms with Crippen molar-refractivity contribution >= 4 is 17.3 Å². The van der Waals surface area contributed by atoms with Gasteiger partial charge in [-0.1, -0.05) is 13.8 Å². The van der Waals surface area contributed by atoms with Crippen molar-refractivity contribution in [2.24, 2.45) is 40.4 Å². The molecule has 3 nitrogen and oxygen atoms in total. The van der Waals surface area contributed by atoms with Crippen LogP contribution in [0.15, 0.2) is 0 Å². The van der Waals surface area contributed by atoms with Gasteiger partial charge in [-0.2, -0.15) is 0 Å². The Labute approximate surface area is 144 Å². The van der Waals surface area contributed by atoms with Crippen molar-refractivity contribution in [2.75, 3.05) is 0 Å². The quantitative estimate of drug-likeness (QED) is 0.730. The van der Waals surface area contributed by atoms with Crippen LogP contribution in [0.25, 0.3) is 0 Å². The van der Waals surface area contributed by atoms with Gasteiger partial charge in [0.1, 0.15) is 17.3 Å². The van der Waals surface area contributed by atoms with Crippen LogP contribution < -0.4 is 0 Å². The lowest BCUT2D eigenvalue weighted by Gasteiger charge is -2.59. The van der Waals surface area contributed by atoms with E-state index in [0.717, 1.165) is 32.1 Å². The Balaban J connectivity index is 1.69. The Hall–Kier alpha value is -0.990. The van der Waals surface area contributed by atoms with Gasteiger partial charge in [0.25, 0.3) is 0 Å². The van der Waals surface area contributed by atoms with E-state index in [1.807, 2.05) is 0 Å². The predicted octanol–water partition coefficient (Wildman–Crippen LogP) is 3.98. The van der Waals surface area contributed by atoms with Gasteiger partial charge < -0.3 is 0 Å². The smallest absolute Gasteiger partial charge is 0.137 e. The molecule has 0 aromatic rings. The molecule has 7 atom stereocenters. The minimum absolute atomic E-state index is 0.0174. The molecule has 0 radical (unpaired) electrons. The molecule has 0 aromatic heterocycles. The molecule has 24 heavy (non-hydrogen) atoms. The molecule has 0 bridgehead atoms. The highest BCUT2D eigenvalue weighted by molar-refractivity contribution is 5.87. The summed E-state index contributed by atoms with van der Waals surface area (Å²) in [5.41, 5.74) is -0.0959. The van der Waals surface area contributed by atoms with Crippen LogP contribution in [0, 0.1) is 40.4 Å². The number of Topliss-reactive ketones (excluding diaryl/α,β-unsaturated/α-hetero) is 3. The average Bonchev–Trinajstić information content (AvgIpc) is 2.84. The number of carbonyl (C=O) groups is 3. The second-order valence-corrected chi connectivity index (χ2v) is 9.66. The van der Waals surface area contributed by atoms with E-state index in [-0.39, 0.29) is 28.4 Å². The molecule has 4 aliphatic rings. The molecule has 4 saturated carbocycles. The van der Waals surface area contributed by atoms with E-state index < -0.39 is 0 Å². The SMILES string of the molecule is CC(=O)[C@H]1CCC2C3CC[C@H]4CC(=O)CC[C@]4(C)C3C(=O)C[C@@]21C. The van der Waals surface area contributed by atoms with Crippen molar-refractivity contribution in [2.45, 2.75) is 72.1 Å². The number of fused-ring (bicyclic) bond motifs is 5. The molecule has 0 aliphatic heterocycles. The monoisotopic (exact) mass is 330 g/mol. The molecule has 4 rings (SSSR count). The van der Waals surface area contributed by atoms with Crippen LogP contribution >= 0.6 is 0 Å². The largest absolute Gasteiger partial charge is 0.300 e. The van der Waals surface area contributed by atoms with Crippen LogP contribution in [0.2, 0.25) is 0 Å².